The molecule has 0 bridgehead atoms. The Balaban J connectivity index is 1.27. The Labute approximate surface area is 183 Å². The van der Waals surface area contributed by atoms with E-state index in [1.54, 1.807) is 48.5 Å². The van der Waals surface area contributed by atoms with Gasteiger partial charge in [0.25, 0.3) is 15.9 Å². The summed E-state index contributed by atoms with van der Waals surface area (Å²) in [6.07, 6.45) is 0. The smallest absolute Gasteiger partial charge is 0.262 e. The van der Waals surface area contributed by atoms with E-state index in [4.69, 9.17) is 18.9 Å². The topological polar surface area (TPSA) is 112 Å². The normalized spacial score (nSPS) is 14.0. The first-order valence-electron chi connectivity index (χ1n) is 9.71. The number of rotatable bonds is 5. The van der Waals surface area contributed by atoms with Gasteiger partial charge in [-0.25, -0.2) is 8.42 Å². The van der Waals surface area contributed by atoms with Crippen molar-refractivity contribution < 1.29 is 32.2 Å². The van der Waals surface area contributed by atoms with E-state index in [9.17, 15) is 13.2 Å². The van der Waals surface area contributed by atoms with Crippen LogP contribution in [0.3, 0.4) is 0 Å². The minimum absolute atomic E-state index is 0.0573. The molecule has 9 nitrogen and oxygen atoms in total. The standard InChI is InChI=1S/C22H18N2O7S/c25-22(14-1-7-19-20(11-14)31-13-30-19)23-15-2-4-16(5-3-15)24-32(26,27)17-6-8-18-21(12-17)29-10-9-28-18/h1-8,11-12,24H,9-10,13H2,(H,23,25). The summed E-state index contributed by atoms with van der Waals surface area (Å²) >= 11 is 0. The average Bonchev–Trinajstić information content (AvgIpc) is 3.28. The van der Waals surface area contributed by atoms with E-state index in [0.717, 1.165) is 0 Å². The summed E-state index contributed by atoms with van der Waals surface area (Å²) in [7, 11) is -3.83. The van der Waals surface area contributed by atoms with Gasteiger partial charge in [-0.05, 0) is 54.6 Å². The highest BCUT2D eigenvalue weighted by Gasteiger charge is 2.20. The minimum atomic E-state index is -3.83. The summed E-state index contributed by atoms with van der Waals surface area (Å²) in [4.78, 5) is 12.5. The molecule has 0 aliphatic carbocycles. The fourth-order valence-electron chi connectivity index (χ4n) is 3.27. The van der Waals surface area contributed by atoms with Gasteiger partial charge >= 0.3 is 0 Å². The predicted molar refractivity (Wildman–Crippen MR) is 115 cm³/mol. The third-order valence-electron chi connectivity index (χ3n) is 4.85. The summed E-state index contributed by atoms with van der Waals surface area (Å²) in [6.45, 7) is 0.919. The first-order chi connectivity index (χ1) is 15.5. The molecule has 5 rings (SSSR count). The summed E-state index contributed by atoms with van der Waals surface area (Å²) in [6, 6.07) is 15.7. The Kier molecular flexibility index (Phi) is 4.98. The molecule has 0 radical (unpaired) electrons. The van der Waals surface area contributed by atoms with E-state index < -0.39 is 10.0 Å². The highest BCUT2D eigenvalue weighted by Crippen LogP contribution is 2.34. The van der Waals surface area contributed by atoms with Gasteiger partial charge in [-0.2, -0.15) is 0 Å². The van der Waals surface area contributed by atoms with Crippen LogP contribution in [0, 0.1) is 0 Å². The summed E-state index contributed by atoms with van der Waals surface area (Å²) < 4.78 is 49.4. The quantitative estimate of drug-likeness (QED) is 0.609. The number of hydrogen-bond donors (Lipinski definition) is 2. The lowest BCUT2D eigenvalue weighted by molar-refractivity contribution is 0.102. The molecule has 2 aliphatic heterocycles. The fourth-order valence-corrected chi connectivity index (χ4v) is 4.34. The van der Waals surface area contributed by atoms with Gasteiger partial charge in [-0.3, -0.25) is 9.52 Å². The van der Waals surface area contributed by atoms with Crippen LogP contribution < -0.4 is 29.0 Å². The zero-order valence-electron chi connectivity index (χ0n) is 16.7. The van der Waals surface area contributed by atoms with Crippen LogP contribution >= 0.6 is 0 Å². The van der Waals surface area contributed by atoms with Gasteiger partial charge < -0.3 is 24.3 Å². The summed E-state index contributed by atoms with van der Waals surface area (Å²) in [5.74, 6) is 1.68. The van der Waals surface area contributed by atoms with E-state index in [2.05, 4.69) is 10.0 Å². The van der Waals surface area contributed by atoms with Crippen LogP contribution in [0.5, 0.6) is 23.0 Å². The van der Waals surface area contributed by atoms with Crippen molar-refractivity contribution in [3.8, 4) is 23.0 Å². The first kappa shape index (κ1) is 20.0. The van der Waals surface area contributed by atoms with Crippen molar-refractivity contribution in [3.05, 3.63) is 66.2 Å². The third-order valence-corrected chi connectivity index (χ3v) is 6.23. The van der Waals surface area contributed by atoms with Crippen LogP contribution in [0.2, 0.25) is 0 Å². The molecular formula is C22H18N2O7S. The van der Waals surface area contributed by atoms with Gasteiger partial charge in [0, 0.05) is 23.0 Å². The fraction of sp³-hybridized carbons (Fsp3) is 0.136. The van der Waals surface area contributed by atoms with Crippen LogP contribution in [-0.2, 0) is 10.0 Å². The average molecular weight is 454 g/mol. The molecule has 3 aromatic rings. The lowest BCUT2D eigenvalue weighted by Gasteiger charge is -2.19. The zero-order valence-corrected chi connectivity index (χ0v) is 17.5. The molecule has 0 atom stereocenters. The van der Waals surface area contributed by atoms with Gasteiger partial charge in [0.2, 0.25) is 6.79 Å². The Bertz CT molecular complexity index is 1290. The maximum absolute atomic E-state index is 12.7. The number of sulfonamides is 1. The second-order valence-corrected chi connectivity index (χ2v) is 8.69. The van der Waals surface area contributed by atoms with Gasteiger partial charge in [0.15, 0.2) is 23.0 Å². The van der Waals surface area contributed by atoms with Gasteiger partial charge in [0.05, 0.1) is 4.90 Å². The number of nitrogens with one attached hydrogen (secondary N) is 2. The lowest BCUT2D eigenvalue weighted by Crippen LogP contribution is -2.17. The number of anilines is 2. The Morgan fingerprint density at radius 1 is 0.719 bits per heavy atom. The largest absolute Gasteiger partial charge is 0.486 e. The van der Waals surface area contributed by atoms with Crippen molar-refractivity contribution in [1.29, 1.82) is 0 Å². The molecule has 10 heteroatoms. The van der Waals surface area contributed by atoms with Crippen LogP contribution in [0.1, 0.15) is 10.4 Å². The second kappa shape index (κ2) is 7.97. The van der Waals surface area contributed by atoms with Crippen molar-refractivity contribution in [1.82, 2.24) is 0 Å². The second-order valence-electron chi connectivity index (χ2n) is 7.01. The number of amides is 1. The molecule has 0 fully saturated rings. The van der Waals surface area contributed by atoms with E-state index in [1.807, 2.05) is 0 Å². The molecular weight excluding hydrogens is 436 g/mol. The Morgan fingerprint density at radius 3 is 2.16 bits per heavy atom. The highest BCUT2D eigenvalue weighted by molar-refractivity contribution is 7.92. The van der Waals surface area contributed by atoms with Crippen molar-refractivity contribution in [3.63, 3.8) is 0 Å². The van der Waals surface area contributed by atoms with Crippen LogP contribution in [0.25, 0.3) is 0 Å². The molecule has 1 amide bonds. The first-order valence-corrected chi connectivity index (χ1v) is 11.2. The van der Waals surface area contributed by atoms with Crippen molar-refractivity contribution in [2.75, 3.05) is 30.0 Å². The SMILES string of the molecule is O=C(Nc1ccc(NS(=O)(=O)c2ccc3c(c2)OCCO3)cc1)c1ccc2c(c1)OCO2. The van der Waals surface area contributed by atoms with Crippen molar-refractivity contribution in [2.45, 2.75) is 4.90 Å². The van der Waals surface area contributed by atoms with Gasteiger partial charge in [0.1, 0.15) is 13.2 Å². The van der Waals surface area contributed by atoms with Crippen LogP contribution in [-0.4, -0.2) is 34.3 Å². The number of carbonyl (C=O) groups excluding carboxylic acids is 1. The van der Waals surface area contributed by atoms with E-state index in [-0.39, 0.29) is 17.6 Å². The van der Waals surface area contributed by atoms with E-state index in [1.165, 1.54) is 12.1 Å². The number of fused-ring (bicyclic) bond motifs is 2. The maximum atomic E-state index is 12.7. The van der Waals surface area contributed by atoms with Gasteiger partial charge in [-0.15, -0.1) is 0 Å². The number of hydrogen-bond acceptors (Lipinski definition) is 7. The van der Waals surface area contributed by atoms with E-state index in [0.29, 0.717) is 53.2 Å². The Hall–Kier alpha value is -3.92. The van der Waals surface area contributed by atoms with Crippen molar-refractivity contribution in [2.24, 2.45) is 0 Å². The van der Waals surface area contributed by atoms with Crippen LogP contribution in [0.15, 0.2) is 65.6 Å². The molecule has 2 aliphatic rings. The molecule has 0 saturated heterocycles. The summed E-state index contributed by atoms with van der Waals surface area (Å²) in [5.41, 5.74) is 1.27. The maximum Gasteiger partial charge on any atom is 0.262 e. The molecule has 2 heterocycles. The zero-order chi connectivity index (χ0) is 22.1. The molecule has 0 saturated carbocycles. The molecule has 0 unspecified atom stereocenters. The van der Waals surface area contributed by atoms with Gasteiger partial charge in [-0.1, -0.05) is 0 Å². The van der Waals surface area contributed by atoms with Crippen LogP contribution in [0.4, 0.5) is 11.4 Å². The lowest BCUT2D eigenvalue weighted by atomic mass is 10.2. The monoisotopic (exact) mass is 454 g/mol. The molecule has 0 spiro atoms. The number of ether oxygens (including phenoxy) is 4. The molecule has 2 N–H and O–H groups in total. The molecule has 32 heavy (non-hydrogen) atoms. The van der Waals surface area contributed by atoms with E-state index >= 15 is 0 Å². The number of benzene rings is 3. The highest BCUT2D eigenvalue weighted by atomic mass is 32.2. The third kappa shape index (κ3) is 4.00. The molecule has 0 aromatic heterocycles. The summed E-state index contributed by atoms with van der Waals surface area (Å²) in [5, 5.41) is 2.76. The molecule has 164 valence electrons. The molecule has 3 aromatic carbocycles. The predicted octanol–water partition coefficient (Wildman–Crippen LogP) is 3.24. The number of carbonyl (C=O) groups is 1. The van der Waals surface area contributed by atoms with Crippen molar-refractivity contribution >= 4 is 27.3 Å². The Morgan fingerprint density at radius 2 is 1.34 bits per heavy atom. The minimum Gasteiger partial charge on any atom is -0.486 e.